The fourth-order valence-corrected chi connectivity index (χ4v) is 2.51. The van der Waals surface area contributed by atoms with E-state index >= 15 is 0 Å². The molecular formula is C13H22N6. The second-order valence-corrected chi connectivity index (χ2v) is 4.91. The van der Waals surface area contributed by atoms with Gasteiger partial charge in [-0.25, -0.2) is 0 Å². The topological polar surface area (TPSA) is 73.7 Å². The quantitative estimate of drug-likeness (QED) is 0.620. The molecule has 3 N–H and O–H groups in total. The first kappa shape index (κ1) is 13.8. The Balaban J connectivity index is 2.11. The molecule has 2 aromatic heterocycles. The van der Waals surface area contributed by atoms with Gasteiger partial charge in [0, 0.05) is 26.0 Å². The van der Waals surface area contributed by atoms with Gasteiger partial charge < -0.3 is 0 Å². The van der Waals surface area contributed by atoms with E-state index in [1.165, 1.54) is 11.3 Å². The van der Waals surface area contributed by atoms with Crippen LogP contribution in [0.5, 0.6) is 0 Å². The summed E-state index contributed by atoms with van der Waals surface area (Å²) in [4.78, 5) is 0. The summed E-state index contributed by atoms with van der Waals surface area (Å²) >= 11 is 0. The molecule has 0 aliphatic carbocycles. The molecule has 0 fully saturated rings. The zero-order valence-electron chi connectivity index (χ0n) is 12.0. The molecule has 2 rings (SSSR count). The number of aryl methyl sites for hydroxylation is 3. The number of rotatable bonds is 5. The second-order valence-electron chi connectivity index (χ2n) is 4.91. The first-order valence-corrected chi connectivity index (χ1v) is 6.47. The van der Waals surface area contributed by atoms with Crippen LogP contribution in [-0.2, 0) is 20.5 Å². The van der Waals surface area contributed by atoms with Gasteiger partial charge in [0.05, 0.1) is 17.4 Å². The summed E-state index contributed by atoms with van der Waals surface area (Å²) in [5.74, 6) is 5.67. The number of hydrogen-bond acceptors (Lipinski definition) is 4. The summed E-state index contributed by atoms with van der Waals surface area (Å²) in [7, 11) is 3.91. The van der Waals surface area contributed by atoms with Gasteiger partial charge in [-0.05, 0) is 38.3 Å². The lowest BCUT2D eigenvalue weighted by molar-refractivity contribution is 0.480. The molecule has 19 heavy (non-hydrogen) atoms. The first-order chi connectivity index (χ1) is 9.04. The van der Waals surface area contributed by atoms with Crippen LogP contribution in [-0.4, -0.2) is 19.6 Å². The SMILES string of the molecule is Cc1nn(C)c(C)c1CCC(NN)c1ccnn1C. The number of nitrogens with one attached hydrogen (secondary N) is 1. The van der Waals surface area contributed by atoms with Crippen LogP contribution in [0.3, 0.4) is 0 Å². The van der Waals surface area contributed by atoms with Crippen molar-refractivity contribution in [2.24, 2.45) is 19.9 Å². The standard InChI is InChI=1S/C13H22N6/c1-9-11(10(2)18(3)17-9)5-6-12(16-14)13-7-8-15-19(13)4/h7-8,12,16H,5-6,14H2,1-4H3. The molecule has 0 amide bonds. The van der Waals surface area contributed by atoms with Gasteiger partial charge >= 0.3 is 0 Å². The smallest absolute Gasteiger partial charge is 0.0632 e. The maximum atomic E-state index is 5.67. The Morgan fingerprint density at radius 3 is 2.53 bits per heavy atom. The maximum absolute atomic E-state index is 5.67. The number of nitrogens with zero attached hydrogens (tertiary/aromatic N) is 4. The summed E-state index contributed by atoms with van der Waals surface area (Å²) in [6.45, 7) is 4.15. The van der Waals surface area contributed by atoms with Gasteiger partial charge in [-0.3, -0.25) is 20.6 Å². The van der Waals surface area contributed by atoms with Crippen LogP contribution in [0.4, 0.5) is 0 Å². The molecule has 0 aromatic carbocycles. The van der Waals surface area contributed by atoms with Crippen LogP contribution in [0.1, 0.15) is 35.1 Å². The number of hydrogen-bond donors (Lipinski definition) is 2. The highest BCUT2D eigenvalue weighted by Crippen LogP contribution is 2.21. The fraction of sp³-hybridized carbons (Fsp3) is 0.538. The Morgan fingerprint density at radius 2 is 2.05 bits per heavy atom. The van der Waals surface area contributed by atoms with Gasteiger partial charge in [0.25, 0.3) is 0 Å². The number of hydrazine groups is 1. The molecule has 2 aromatic rings. The van der Waals surface area contributed by atoms with Gasteiger partial charge in [-0.15, -0.1) is 0 Å². The van der Waals surface area contributed by atoms with Gasteiger partial charge in [-0.1, -0.05) is 0 Å². The molecule has 0 aliphatic heterocycles. The average molecular weight is 262 g/mol. The highest BCUT2D eigenvalue weighted by molar-refractivity contribution is 5.24. The van der Waals surface area contributed by atoms with E-state index in [-0.39, 0.29) is 6.04 Å². The van der Waals surface area contributed by atoms with E-state index in [1.54, 1.807) is 6.20 Å². The molecule has 0 radical (unpaired) electrons. The number of nitrogens with two attached hydrogens (primary N) is 1. The fourth-order valence-electron chi connectivity index (χ4n) is 2.51. The predicted molar refractivity (Wildman–Crippen MR) is 74.3 cm³/mol. The summed E-state index contributed by atoms with van der Waals surface area (Å²) < 4.78 is 3.78. The zero-order valence-corrected chi connectivity index (χ0v) is 12.0. The largest absolute Gasteiger partial charge is 0.272 e. The van der Waals surface area contributed by atoms with Gasteiger partial charge in [-0.2, -0.15) is 10.2 Å². The van der Waals surface area contributed by atoms with E-state index in [1.807, 2.05) is 29.5 Å². The molecular weight excluding hydrogens is 240 g/mol. The van der Waals surface area contributed by atoms with Crippen molar-refractivity contribution in [1.29, 1.82) is 0 Å². The Hall–Kier alpha value is -1.66. The normalized spacial score (nSPS) is 12.9. The monoisotopic (exact) mass is 262 g/mol. The van der Waals surface area contributed by atoms with Crippen LogP contribution >= 0.6 is 0 Å². The summed E-state index contributed by atoms with van der Waals surface area (Å²) in [6, 6.07) is 2.10. The second kappa shape index (κ2) is 5.54. The van der Waals surface area contributed by atoms with E-state index in [0.717, 1.165) is 24.2 Å². The van der Waals surface area contributed by atoms with E-state index in [0.29, 0.717) is 0 Å². The lowest BCUT2D eigenvalue weighted by Crippen LogP contribution is -2.30. The minimum absolute atomic E-state index is 0.103. The van der Waals surface area contributed by atoms with Crippen molar-refractivity contribution in [3.05, 3.63) is 34.9 Å². The van der Waals surface area contributed by atoms with Crippen molar-refractivity contribution < 1.29 is 0 Å². The van der Waals surface area contributed by atoms with Crippen molar-refractivity contribution in [2.75, 3.05) is 0 Å². The Labute approximate surface area is 113 Å². The third kappa shape index (κ3) is 2.69. The third-order valence-electron chi connectivity index (χ3n) is 3.76. The van der Waals surface area contributed by atoms with E-state index in [2.05, 4.69) is 29.5 Å². The molecule has 0 saturated carbocycles. The number of aromatic nitrogens is 4. The minimum atomic E-state index is 0.103. The summed E-state index contributed by atoms with van der Waals surface area (Å²) in [6.07, 6.45) is 3.66. The maximum Gasteiger partial charge on any atom is 0.0632 e. The third-order valence-corrected chi connectivity index (χ3v) is 3.76. The van der Waals surface area contributed by atoms with Crippen LogP contribution in [0, 0.1) is 13.8 Å². The Bertz CT molecular complexity index is 553. The first-order valence-electron chi connectivity index (χ1n) is 6.47. The van der Waals surface area contributed by atoms with Crippen molar-refractivity contribution in [1.82, 2.24) is 25.0 Å². The highest BCUT2D eigenvalue weighted by Gasteiger charge is 2.16. The summed E-state index contributed by atoms with van der Waals surface area (Å²) in [5, 5.41) is 8.63. The molecule has 1 atom stereocenters. The van der Waals surface area contributed by atoms with Gasteiger partial charge in [0.1, 0.15) is 0 Å². The van der Waals surface area contributed by atoms with Gasteiger partial charge in [0.2, 0.25) is 0 Å². The molecule has 1 unspecified atom stereocenters. The van der Waals surface area contributed by atoms with Crippen LogP contribution in [0.15, 0.2) is 12.3 Å². The predicted octanol–water partition coefficient (Wildman–Crippen LogP) is 0.908. The molecule has 6 heteroatoms. The van der Waals surface area contributed by atoms with Crippen LogP contribution in [0.2, 0.25) is 0 Å². The molecule has 0 aliphatic rings. The van der Waals surface area contributed by atoms with Crippen molar-refractivity contribution in [2.45, 2.75) is 32.7 Å². The average Bonchev–Trinajstić information content (AvgIpc) is 2.89. The lowest BCUT2D eigenvalue weighted by Gasteiger charge is -2.16. The van der Waals surface area contributed by atoms with Crippen molar-refractivity contribution in [3.8, 4) is 0 Å². The van der Waals surface area contributed by atoms with Crippen molar-refractivity contribution in [3.63, 3.8) is 0 Å². The van der Waals surface area contributed by atoms with Crippen LogP contribution < -0.4 is 11.3 Å². The zero-order chi connectivity index (χ0) is 14.0. The molecule has 0 saturated heterocycles. The van der Waals surface area contributed by atoms with Crippen LogP contribution in [0.25, 0.3) is 0 Å². The van der Waals surface area contributed by atoms with Crippen molar-refractivity contribution >= 4 is 0 Å². The molecule has 0 spiro atoms. The summed E-state index contributed by atoms with van der Waals surface area (Å²) in [5.41, 5.74) is 7.60. The van der Waals surface area contributed by atoms with Gasteiger partial charge in [0.15, 0.2) is 0 Å². The highest BCUT2D eigenvalue weighted by atomic mass is 15.3. The Morgan fingerprint density at radius 1 is 1.32 bits per heavy atom. The Kier molecular flexibility index (Phi) is 4.01. The molecule has 0 bridgehead atoms. The minimum Gasteiger partial charge on any atom is -0.272 e. The molecule has 2 heterocycles. The molecule has 6 nitrogen and oxygen atoms in total. The van der Waals surface area contributed by atoms with E-state index < -0.39 is 0 Å². The molecule has 104 valence electrons. The lowest BCUT2D eigenvalue weighted by atomic mass is 10.0. The van der Waals surface area contributed by atoms with E-state index in [9.17, 15) is 0 Å². The van der Waals surface area contributed by atoms with E-state index in [4.69, 9.17) is 5.84 Å².